The number of amides is 1. The zero-order valence-electron chi connectivity index (χ0n) is 10.5. The van der Waals surface area contributed by atoms with Gasteiger partial charge in [0.05, 0.1) is 6.54 Å². The maximum atomic E-state index is 12.2. The molecule has 0 aliphatic heterocycles. The SMILES string of the molecule is O=C(CCn1cncn1)N(CCCO)C1CCC1. The van der Waals surface area contributed by atoms with Gasteiger partial charge in [-0.25, -0.2) is 4.98 Å². The molecule has 0 unspecified atom stereocenters. The third-order valence-electron chi connectivity index (χ3n) is 3.41. The third-order valence-corrected chi connectivity index (χ3v) is 3.41. The lowest BCUT2D eigenvalue weighted by Crippen LogP contribution is -2.45. The minimum Gasteiger partial charge on any atom is -0.396 e. The molecule has 1 aromatic heterocycles. The Hall–Kier alpha value is -1.43. The number of rotatable bonds is 7. The van der Waals surface area contributed by atoms with E-state index in [1.165, 1.54) is 12.7 Å². The number of aryl methyl sites for hydroxylation is 1. The minimum atomic E-state index is 0.138. The van der Waals surface area contributed by atoms with Crippen molar-refractivity contribution in [3.63, 3.8) is 0 Å². The molecule has 1 heterocycles. The first kappa shape index (κ1) is 13.0. The summed E-state index contributed by atoms with van der Waals surface area (Å²) in [5, 5.41) is 12.9. The molecule has 18 heavy (non-hydrogen) atoms. The molecule has 2 rings (SSSR count). The van der Waals surface area contributed by atoms with Gasteiger partial charge in [-0.2, -0.15) is 5.10 Å². The summed E-state index contributed by atoms with van der Waals surface area (Å²) in [6, 6.07) is 0.389. The molecule has 1 fully saturated rings. The van der Waals surface area contributed by atoms with Crippen LogP contribution in [-0.2, 0) is 11.3 Å². The highest BCUT2D eigenvalue weighted by molar-refractivity contribution is 5.76. The molecule has 1 aliphatic rings. The van der Waals surface area contributed by atoms with Crippen molar-refractivity contribution in [2.75, 3.05) is 13.2 Å². The predicted octanol–water partition coefficient (Wildman–Crippen LogP) is 0.432. The van der Waals surface area contributed by atoms with E-state index in [-0.39, 0.29) is 12.5 Å². The summed E-state index contributed by atoms with van der Waals surface area (Å²) in [4.78, 5) is 17.9. The van der Waals surface area contributed by atoms with Crippen LogP contribution < -0.4 is 0 Å². The highest BCUT2D eigenvalue weighted by Crippen LogP contribution is 2.25. The van der Waals surface area contributed by atoms with Crippen molar-refractivity contribution in [3.05, 3.63) is 12.7 Å². The number of aliphatic hydroxyl groups excluding tert-OH is 1. The van der Waals surface area contributed by atoms with Gasteiger partial charge in [0.2, 0.25) is 5.91 Å². The largest absolute Gasteiger partial charge is 0.396 e. The highest BCUT2D eigenvalue weighted by Gasteiger charge is 2.27. The van der Waals surface area contributed by atoms with Gasteiger partial charge in [-0.15, -0.1) is 0 Å². The van der Waals surface area contributed by atoms with Crippen LogP contribution in [0.25, 0.3) is 0 Å². The quantitative estimate of drug-likeness (QED) is 0.764. The van der Waals surface area contributed by atoms with Crippen molar-refractivity contribution in [2.45, 2.75) is 44.7 Å². The summed E-state index contributed by atoms with van der Waals surface area (Å²) in [5.41, 5.74) is 0. The first-order chi connectivity index (χ1) is 8.81. The lowest BCUT2D eigenvalue weighted by molar-refractivity contribution is -0.135. The first-order valence-electron chi connectivity index (χ1n) is 6.54. The fourth-order valence-electron chi connectivity index (χ4n) is 2.15. The molecular formula is C12H20N4O2. The average molecular weight is 252 g/mol. The van der Waals surface area contributed by atoms with Crippen LogP contribution >= 0.6 is 0 Å². The van der Waals surface area contributed by atoms with E-state index in [1.807, 2.05) is 4.90 Å². The van der Waals surface area contributed by atoms with Crippen LogP contribution in [-0.4, -0.2) is 49.9 Å². The topological polar surface area (TPSA) is 71.2 Å². The predicted molar refractivity (Wildman–Crippen MR) is 65.7 cm³/mol. The van der Waals surface area contributed by atoms with E-state index in [1.54, 1.807) is 11.0 Å². The van der Waals surface area contributed by atoms with Crippen LogP contribution in [0.4, 0.5) is 0 Å². The lowest BCUT2D eigenvalue weighted by Gasteiger charge is -2.37. The Labute approximate surface area is 107 Å². The van der Waals surface area contributed by atoms with Gasteiger partial charge in [-0.3, -0.25) is 9.48 Å². The number of carbonyl (C=O) groups excluding carboxylic acids is 1. The van der Waals surface area contributed by atoms with Crippen molar-refractivity contribution >= 4 is 5.91 Å². The summed E-state index contributed by atoms with van der Waals surface area (Å²) in [5.74, 6) is 0.156. The Kier molecular flexibility index (Phi) is 4.69. The van der Waals surface area contributed by atoms with E-state index in [0.29, 0.717) is 32.0 Å². The zero-order chi connectivity index (χ0) is 12.8. The molecule has 0 atom stereocenters. The third kappa shape index (κ3) is 3.29. The van der Waals surface area contributed by atoms with Gasteiger partial charge in [0.15, 0.2) is 0 Å². The van der Waals surface area contributed by atoms with E-state index >= 15 is 0 Å². The minimum absolute atomic E-state index is 0.138. The molecule has 0 aromatic carbocycles. The fourth-order valence-corrected chi connectivity index (χ4v) is 2.15. The smallest absolute Gasteiger partial charge is 0.224 e. The Morgan fingerprint density at radius 2 is 2.33 bits per heavy atom. The van der Waals surface area contributed by atoms with Crippen LogP contribution in [0.1, 0.15) is 32.1 Å². The monoisotopic (exact) mass is 252 g/mol. The molecule has 6 heteroatoms. The second kappa shape index (κ2) is 6.49. The molecule has 1 saturated carbocycles. The molecule has 1 aliphatic carbocycles. The van der Waals surface area contributed by atoms with Gasteiger partial charge in [-0.1, -0.05) is 0 Å². The first-order valence-corrected chi connectivity index (χ1v) is 6.54. The summed E-state index contributed by atoms with van der Waals surface area (Å²) in [7, 11) is 0. The Morgan fingerprint density at radius 3 is 2.89 bits per heavy atom. The zero-order valence-corrected chi connectivity index (χ0v) is 10.5. The van der Waals surface area contributed by atoms with Crippen molar-refractivity contribution in [3.8, 4) is 0 Å². The molecular weight excluding hydrogens is 232 g/mol. The Bertz CT molecular complexity index is 362. The summed E-state index contributed by atoms with van der Waals surface area (Å²) in [6.07, 6.45) is 7.60. The van der Waals surface area contributed by atoms with Gasteiger partial charge in [0.1, 0.15) is 12.7 Å². The van der Waals surface area contributed by atoms with Crippen LogP contribution in [0.15, 0.2) is 12.7 Å². The van der Waals surface area contributed by atoms with E-state index in [2.05, 4.69) is 10.1 Å². The van der Waals surface area contributed by atoms with Gasteiger partial charge in [0, 0.05) is 25.6 Å². The number of hydrogen-bond donors (Lipinski definition) is 1. The Morgan fingerprint density at radius 1 is 1.50 bits per heavy atom. The second-order valence-electron chi connectivity index (χ2n) is 4.66. The highest BCUT2D eigenvalue weighted by atomic mass is 16.3. The summed E-state index contributed by atoms with van der Waals surface area (Å²) >= 11 is 0. The molecule has 0 radical (unpaired) electrons. The number of aliphatic hydroxyl groups is 1. The molecule has 100 valence electrons. The van der Waals surface area contributed by atoms with Gasteiger partial charge < -0.3 is 10.0 Å². The standard InChI is InChI=1S/C12H20N4O2/c17-8-2-6-16(11-3-1-4-11)12(18)5-7-15-10-13-9-14-15/h9-11,17H,1-8H2. The molecule has 1 amide bonds. The fraction of sp³-hybridized carbons (Fsp3) is 0.750. The van der Waals surface area contributed by atoms with Crippen LogP contribution in [0.5, 0.6) is 0 Å². The van der Waals surface area contributed by atoms with Crippen LogP contribution in [0.2, 0.25) is 0 Å². The maximum Gasteiger partial charge on any atom is 0.224 e. The van der Waals surface area contributed by atoms with E-state index in [9.17, 15) is 4.79 Å². The average Bonchev–Trinajstić information content (AvgIpc) is 2.81. The Balaban J connectivity index is 1.82. The molecule has 1 aromatic rings. The molecule has 0 spiro atoms. The molecule has 0 saturated heterocycles. The van der Waals surface area contributed by atoms with E-state index in [4.69, 9.17) is 5.11 Å². The number of nitrogens with zero attached hydrogens (tertiary/aromatic N) is 4. The van der Waals surface area contributed by atoms with Crippen molar-refractivity contribution in [1.29, 1.82) is 0 Å². The number of carbonyl (C=O) groups is 1. The molecule has 0 bridgehead atoms. The maximum absolute atomic E-state index is 12.2. The van der Waals surface area contributed by atoms with Crippen molar-refractivity contribution in [2.24, 2.45) is 0 Å². The van der Waals surface area contributed by atoms with Crippen molar-refractivity contribution < 1.29 is 9.90 Å². The van der Waals surface area contributed by atoms with Gasteiger partial charge in [-0.05, 0) is 25.7 Å². The second-order valence-corrected chi connectivity index (χ2v) is 4.66. The summed E-state index contributed by atoms with van der Waals surface area (Å²) in [6.45, 7) is 1.37. The van der Waals surface area contributed by atoms with E-state index in [0.717, 1.165) is 12.8 Å². The van der Waals surface area contributed by atoms with E-state index < -0.39 is 0 Å². The lowest BCUT2D eigenvalue weighted by atomic mass is 9.91. The molecule has 1 N–H and O–H groups in total. The summed E-state index contributed by atoms with van der Waals surface area (Å²) < 4.78 is 1.67. The van der Waals surface area contributed by atoms with Gasteiger partial charge in [0.25, 0.3) is 0 Å². The van der Waals surface area contributed by atoms with Crippen LogP contribution in [0, 0.1) is 0 Å². The normalized spacial score (nSPS) is 15.4. The number of hydrogen-bond acceptors (Lipinski definition) is 4. The molecule has 6 nitrogen and oxygen atoms in total. The van der Waals surface area contributed by atoms with Gasteiger partial charge >= 0.3 is 0 Å². The number of aromatic nitrogens is 3. The van der Waals surface area contributed by atoms with Crippen LogP contribution in [0.3, 0.4) is 0 Å². The van der Waals surface area contributed by atoms with Crippen molar-refractivity contribution in [1.82, 2.24) is 19.7 Å².